The van der Waals surface area contributed by atoms with Gasteiger partial charge in [0.1, 0.15) is 17.5 Å². The first-order valence-corrected chi connectivity index (χ1v) is 17.7. The van der Waals surface area contributed by atoms with Gasteiger partial charge >= 0.3 is 6.09 Å². The average Bonchev–Trinajstić information content (AvgIpc) is 3.13. The molecule has 10 nitrogen and oxygen atoms in total. The first kappa shape index (κ1) is 32.7. The van der Waals surface area contributed by atoms with Gasteiger partial charge in [-0.05, 0) is 99.4 Å². The van der Waals surface area contributed by atoms with E-state index in [1.165, 1.54) is 35.9 Å². The summed E-state index contributed by atoms with van der Waals surface area (Å²) >= 11 is 6.41. The van der Waals surface area contributed by atoms with Crippen molar-refractivity contribution in [3.8, 4) is 5.75 Å². The zero-order valence-corrected chi connectivity index (χ0v) is 28.3. The summed E-state index contributed by atoms with van der Waals surface area (Å²) in [5, 5.41) is 0.702. The Morgan fingerprint density at radius 2 is 1.96 bits per heavy atom. The van der Waals surface area contributed by atoms with E-state index < -0.39 is 33.7 Å². The van der Waals surface area contributed by atoms with Gasteiger partial charge in [0.25, 0.3) is 15.9 Å². The average molecular weight is 672 g/mol. The van der Waals surface area contributed by atoms with Crippen LogP contribution >= 0.6 is 11.6 Å². The second kappa shape index (κ2) is 12.4. The molecule has 1 saturated carbocycles. The number of sulfonamides is 1. The molecule has 248 valence electrons. The number of ether oxygens (including phenoxy) is 3. The summed E-state index contributed by atoms with van der Waals surface area (Å²) < 4.78 is 47.6. The number of amides is 2. The number of nitrogens with zero attached hydrogens (tertiary/aromatic N) is 2. The Bertz CT molecular complexity index is 1660. The molecule has 4 aliphatic rings. The highest BCUT2D eigenvalue weighted by Crippen LogP contribution is 2.47. The molecule has 2 aromatic carbocycles. The number of halogens is 1. The predicted molar refractivity (Wildman–Crippen MR) is 175 cm³/mol. The second-order valence-electron chi connectivity index (χ2n) is 13.7. The number of fused-ring (bicyclic) bond motifs is 4. The molecule has 0 aromatic heterocycles. The van der Waals surface area contributed by atoms with E-state index in [1.807, 2.05) is 18.2 Å². The lowest BCUT2D eigenvalue weighted by Crippen LogP contribution is -2.50. The Kier molecular flexibility index (Phi) is 8.80. The van der Waals surface area contributed by atoms with Crippen molar-refractivity contribution >= 4 is 39.3 Å². The normalized spacial score (nSPS) is 29.1. The molecule has 2 aromatic rings. The zero-order chi connectivity index (χ0) is 32.9. The molecule has 2 heterocycles. The van der Waals surface area contributed by atoms with Crippen molar-refractivity contribution in [1.82, 2.24) is 9.62 Å². The minimum absolute atomic E-state index is 0.0299. The summed E-state index contributed by atoms with van der Waals surface area (Å²) in [5.74, 6) is -0.00935. The summed E-state index contributed by atoms with van der Waals surface area (Å²) in [6, 6.07) is 10.8. The van der Waals surface area contributed by atoms with E-state index in [0.29, 0.717) is 36.2 Å². The Balaban J connectivity index is 1.44. The van der Waals surface area contributed by atoms with Gasteiger partial charge in [0, 0.05) is 43.5 Å². The van der Waals surface area contributed by atoms with Gasteiger partial charge in [-0.25, -0.2) is 17.9 Å². The van der Waals surface area contributed by atoms with Crippen molar-refractivity contribution in [3.63, 3.8) is 0 Å². The van der Waals surface area contributed by atoms with Gasteiger partial charge in [-0.3, -0.25) is 4.79 Å². The fourth-order valence-corrected chi connectivity index (χ4v) is 8.42. The number of carbonyl (C=O) groups is 2. The summed E-state index contributed by atoms with van der Waals surface area (Å²) in [6.45, 7) is 4.70. The molecule has 2 bridgehead atoms. The summed E-state index contributed by atoms with van der Waals surface area (Å²) in [5.41, 5.74) is 1.27. The lowest BCUT2D eigenvalue weighted by atomic mass is 9.68. The quantitative estimate of drug-likeness (QED) is 0.418. The van der Waals surface area contributed by atoms with Crippen LogP contribution in [0.2, 0.25) is 5.02 Å². The molecular formula is C34H42ClN3O7S. The van der Waals surface area contributed by atoms with E-state index >= 15 is 0 Å². The van der Waals surface area contributed by atoms with Crippen LogP contribution in [0, 0.1) is 11.8 Å². The smallest absolute Gasteiger partial charge is 0.409 e. The minimum Gasteiger partial charge on any atom is -0.490 e. The Morgan fingerprint density at radius 1 is 1.15 bits per heavy atom. The van der Waals surface area contributed by atoms with Crippen molar-refractivity contribution in [3.05, 3.63) is 64.7 Å². The van der Waals surface area contributed by atoms with Crippen LogP contribution in [0.5, 0.6) is 5.75 Å². The molecule has 2 aliphatic carbocycles. The van der Waals surface area contributed by atoms with Gasteiger partial charge in [0.15, 0.2) is 0 Å². The van der Waals surface area contributed by atoms with Gasteiger partial charge in [0.05, 0.1) is 23.8 Å². The number of rotatable bonds is 1. The van der Waals surface area contributed by atoms with E-state index in [9.17, 15) is 18.0 Å². The Morgan fingerprint density at radius 3 is 2.70 bits per heavy atom. The number of hydrogen-bond donors (Lipinski definition) is 1. The monoisotopic (exact) mass is 671 g/mol. The molecule has 0 unspecified atom stereocenters. The molecule has 46 heavy (non-hydrogen) atoms. The summed E-state index contributed by atoms with van der Waals surface area (Å²) in [6.07, 6.45) is 7.24. The number of hydrogen-bond acceptors (Lipinski definition) is 8. The molecule has 1 N–H and O–H groups in total. The van der Waals surface area contributed by atoms with Crippen LogP contribution in [0.3, 0.4) is 0 Å². The minimum atomic E-state index is -4.23. The fourth-order valence-electron chi connectivity index (χ4n) is 7.10. The first-order chi connectivity index (χ1) is 21.8. The van der Waals surface area contributed by atoms with Gasteiger partial charge in [0.2, 0.25) is 0 Å². The molecule has 6 rings (SSSR count). The highest BCUT2D eigenvalue weighted by Gasteiger charge is 2.45. The largest absolute Gasteiger partial charge is 0.490 e. The molecule has 12 heteroatoms. The predicted octanol–water partition coefficient (Wildman–Crippen LogP) is 5.08. The third-order valence-corrected chi connectivity index (χ3v) is 11.5. The van der Waals surface area contributed by atoms with Crippen molar-refractivity contribution in [2.75, 3.05) is 45.3 Å². The van der Waals surface area contributed by atoms with Crippen LogP contribution in [0.25, 0.3) is 0 Å². The van der Waals surface area contributed by atoms with Crippen LogP contribution in [-0.4, -0.2) is 77.4 Å². The van der Waals surface area contributed by atoms with E-state index in [4.69, 9.17) is 25.8 Å². The molecule has 2 aliphatic heterocycles. The lowest BCUT2D eigenvalue weighted by Gasteiger charge is -2.46. The van der Waals surface area contributed by atoms with Crippen molar-refractivity contribution in [2.45, 2.75) is 68.0 Å². The number of carbonyl (C=O) groups excluding carboxylic acids is 2. The molecule has 0 saturated heterocycles. The van der Waals surface area contributed by atoms with Crippen molar-refractivity contribution in [1.29, 1.82) is 0 Å². The summed E-state index contributed by atoms with van der Waals surface area (Å²) in [7, 11) is -0.925. The van der Waals surface area contributed by atoms with Gasteiger partial charge in [-0.1, -0.05) is 23.7 Å². The maximum atomic E-state index is 13.6. The number of aryl methyl sites for hydroxylation is 1. The Labute approximate surface area is 276 Å². The number of anilines is 1. The highest BCUT2D eigenvalue weighted by atomic mass is 35.5. The fraction of sp³-hybridized carbons (Fsp3) is 0.529. The molecule has 0 radical (unpaired) electrons. The number of benzene rings is 2. The van der Waals surface area contributed by atoms with E-state index in [2.05, 4.69) is 15.7 Å². The third kappa shape index (κ3) is 6.33. The first-order valence-electron chi connectivity index (χ1n) is 15.8. The van der Waals surface area contributed by atoms with E-state index in [-0.39, 0.29) is 28.8 Å². The van der Waals surface area contributed by atoms with Crippen LogP contribution in [0.1, 0.15) is 50.7 Å². The van der Waals surface area contributed by atoms with Gasteiger partial charge < -0.3 is 24.0 Å². The molecule has 1 fully saturated rings. The highest BCUT2D eigenvalue weighted by molar-refractivity contribution is 7.90. The van der Waals surface area contributed by atoms with Gasteiger partial charge in [-0.2, -0.15) is 0 Å². The van der Waals surface area contributed by atoms with E-state index in [1.54, 1.807) is 32.3 Å². The number of nitrogens with one attached hydrogen (secondary N) is 1. The second-order valence-corrected chi connectivity index (χ2v) is 15.8. The molecule has 1 spiro atoms. The van der Waals surface area contributed by atoms with Crippen molar-refractivity contribution < 1.29 is 32.2 Å². The molecule has 4 atom stereocenters. The van der Waals surface area contributed by atoms with Crippen LogP contribution < -0.4 is 14.4 Å². The lowest BCUT2D eigenvalue weighted by molar-refractivity contribution is -0.139. The van der Waals surface area contributed by atoms with Crippen LogP contribution in [0.4, 0.5) is 10.5 Å². The maximum Gasteiger partial charge on any atom is 0.409 e. The van der Waals surface area contributed by atoms with Crippen LogP contribution in [0.15, 0.2) is 53.4 Å². The Hall–Kier alpha value is -3.28. The molecular weight excluding hydrogens is 630 g/mol. The zero-order valence-electron chi connectivity index (χ0n) is 26.8. The van der Waals surface area contributed by atoms with Crippen LogP contribution in [-0.2, 0) is 36.1 Å². The molecule has 2 amide bonds. The van der Waals surface area contributed by atoms with Gasteiger partial charge in [-0.15, -0.1) is 0 Å². The van der Waals surface area contributed by atoms with Crippen molar-refractivity contribution in [2.24, 2.45) is 11.8 Å². The maximum absolute atomic E-state index is 13.6. The SMILES string of the molecule is CN(C)C(=O)O[C@H]1/C=C/COC(C)(C)C(=O)NS(=O)(=O)c2ccc3c(c2)N(C[C@@H]2CC[C@H]21)C[C@@]1(CCCc2cc(Cl)ccc21)CO3. The topological polar surface area (TPSA) is 114 Å². The van der Waals surface area contributed by atoms with E-state index in [0.717, 1.165) is 32.1 Å². The standard InChI is InChI=1S/C34H42ClN3O7S/c1-33(2)31(39)36-46(41,42)25-11-14-30-28(18-25)38(20-34(21-43-30)15-5-7-22-17-24(35)10-13-27(22)34)19-23-9-12-26(23)29(8-6-16-44-33)45-32(40)37(3)4/h6,8,10-11,13-14,17-18,23,26,29H,5,7,9,12,15-16,19-21H2,1-4H3,(H,36,39)/b8-6+/t23-,26+,29-,34-/m0/s1. The summed E-state index contributed by atoms with van der Waals surface area (Å²) in [4.78, 5) is 29.5. The third-order valence-electron chi connectivity index (χ3n) is 9.91.